The van der Waals surface area contributed by atoms with Crippen molar-refractivity contribution in [3.05, 3.63) is 29.1 Å². The van der Waals surface area contributed by atoms with Gasteiger partial charge in [0.15, 0.2) is 0 Å². The summed E-state index contributed by atoms with van der Waals surface area (Å²) in [4.78, 5) is 22.3. The third-order valence-corrected chi connectivity index (χ3v) is 2.56. The van der Waals surface area contributed by atoms with Crippen LogP contribution in [0.2, 0.25) is 0 Å². The van der Waals surface area contributed by atoms with Crippen LogP contribution in [-0.2, 0) is 9.53 Å². The first kappa shape index (κ1) is 14.0. The normalized spacial score (nSPS) is 11.8. The van der Waals surface area contributed by atoms with Crippen LogP contribution in [0.5, 0.6) is 0 Å². The van der Waals surface area contributed by atoms with E-state index < -0.39 is 23.7 Å². The van der Waals surface area contributed by atoms with Gasteiger partial charge in [0, 0.05) is 16.8 Å². The van der Waals surface area contributed by atoms with Crippen LogP contribution in [0, 0.1) is 12.7 Å². The monoisotopic (exact) mass is 254 g/mol. The molecule has 0 saturated carbocycles. The van der Waals surface area contributed by atoms with E-state index in [1.807, 2.05) is 0 Å². The molecule has 0 aromatic heterocycles. The van der Waals surface area contributed by atoms with Crippen molar-refractivity contribution >= 4 is 17.6 Å². The second kappa shape index (κ2) is 5.48. The molecule has 0 fully saturated rings. The van der Waals surface area contributed by atoms with Gasteiger partial charge in [-0.2, -0.15) is 0 Å². The molecule has 18 heavy (non-hydrogen) atoms. The molecule has 0 aliphatic rings. The van der Waals surface area contributed by atoms with Crippen LogP contribution in [0.3, 0.4) is 0 Å². The van der Waals surface area contributed by atoms with E-state index in [1.54, 1.807) is 6.92 Å². The summed E-state index contributed by atoms with van der Waals surface area (Å²) < 4.78 is 18.1. The fourth-order valence-corrected chi connectivity index (χ4v) is 1.44. The quantitative estimate of drug-likeness (QED) is 0.791. The molecule has 0 saturated heterocycles. The predicted molar refractivity (Wildman–Crippen MR) is 64.8 cm³/mol. The van der Waals surface area contributed by atoms with E-state index >= 15 is 0 Å². The van der Waals surface area contributed by atoms with Crippen LogP contribution >= 0.6 is 0 Å². The highest BCUT2D eigenvalue weighted by molar-refractivity contribution is 5.94. The van der Waals surface area contributed by atoms with Crippen molar-refractivity contribution in [3.8, 4) is 0 Å². The molecule has 1 aromatic rings. The Kier molecular flexibility index (Phi) is 4.25. The molecule has 3 N–H and O–H groups in total. The minimum absolute atomic E-state index is 0.0395. The first-order chi connectivity index (χ1) is 8.36. The van der Waals surface area contributed by atoms with E-state index in [1.165, 1.54) is 20.1 Å². The Morgan fingerprint density at radius 2 is 2.06 bits per heavy atom. The van der Waals surface area contributed by atoms with Crippen molar-refractivity contribution in [3.63, 3.8) is 0 Å². The molecule has 6 heteroatoms. The van der Waals surface area contributed by atoms with Crippen molar-refractivity contribution in [2.75, 3.05) is 12.4 Å². The summed E-state index contributed by atoms with van der Waals surface area (Å²) in [6, 6.07) is 1.81. The zero-order chi connectivity index (χ0) is 13.9. The van der Waals surface area contributed by atoms with Crippen LogP contribution < -0.4 is 11.1 Å². The predicted octanol–water partition coefficient (Wildman–Crippen LogP) is 1.21. The molecule has 0 spiro atoms. The van der Waals surface area contributed by atoms with Crippen LogP contribution in [0.25, 0.3) is 0 Å². The van der Waals surface area contributed by atoms with E-state index in [9.17, 15) is 14.0 Å². The molecule has 1 aromatic carbocycles. The fourth-order valence-electron chi connectivity index (χ4n) is 1.44. The second-order valence-electron chi connectivity index (χ2n) is 3.88. The standard InChI is InChI=1S/C12H15FN2O3/c1-6-9(13)4-8(11(14)16)5-10(6)15-7(2)12(17)18-3/h4-5,7,15H,1-3H3,(H2,14,16). The number of esters is 1. The molecule has 0 bridgehead atoms. The van der Waals surface area contributed by atoms with Gasteiger partial charge in [0.2, 0.25) is 5.91 Å². The lowest BCUT2D eigenvalue weighted by Gasteiger charge is -2.16. The van der Waals surface area contributed by atoms with Crippen LogP contribution in [0.15, 0.2) is 12.1 Å². The Hall–Kier alpha value is -2.11. The lowest BCUT2D eigenvalue weighted by Crippen LogP contribution is -2.28. The minimum atomic E-state index is -0.734. The number of anilines is 1. The molecular formula is C12H15FN2O3. The summed E-state index contributed by atoms with van der Waals surface area (Å²) in [6.45, 7) is 3.10. The number of hydrogen-bond donors (Lipinski definition) is 2. The van der Waals surface area contributed by atoms with Gasteiger partial charge in [-0.3, -0.25) is 4.79 Å². The van der Waals surface area contributed by atoms with Gasteiger partial charge in [-0.1, -0.05) is 0 Å². The van der Waals surface area contributed by atoms with Crippen molar-refractivity contribution in [1.29, 1.82) is 0 Å². The summed E-state index contributed by atoms with van der Waals surface area (Å²) in [7, 11) is 1.26. The van der Waals surface area contributed by atoms with Crippen LogP contribution in [-0.4, -0.2) is 25.0 Å². The van der Waals surface area contributed by atoms with Gasteiger partial charge in [-0.15, -0.1) is 0 Å². The maximum atomic E-state index is 13.6. The van der Waals surface area contributed by atoms with E-state index in [0.717, 1.165) is 6.07 Å². The van der Waals surface area contributed by atoms with E-state index in [4.69, 9.17) is 5.73 Å². The SMILES string of the molecule is COC(=O)C(C)Nc1cc(C(N)=O)cc(F)c1C. The third kappa shape index (κ3) is 2.97. The number of hydrogen-bond acceptors (Lipinski definition) is 4. The molecule has 0 aliphatic heterocycles. The molecule has 1 unspecified atom stereocenters. The number of primary amides is 1. The number of methoxy groups -OCH3 is 1. The number of carbonyl (C=O) groups excluding carboxylic acids is 2. The Morgan fingerprint density at radius 3 is 2.56 bits per heavy atom. The number of rotatable bonds is 4. The van der Waals surface area contributed by atoms with Gasteiger partial charge in [0.1, 0.15) is 11.9 Å². The van der Waals surface area contributed by atoms with Crippen molar-refractivity contribution in [1.82, 2.24) is 0 Å². The Labute approximate surface area is 104 Å². The summed E-state index contributed by atoms with van der Waals surface area (Å²) >= 11 is 0. The summed E-state index contributed by atoms with van der Waals surface area (Å²) in [6.07, 6.45) is 0. The average molecular weight is 254 g/mol. The smallest absolute Gasteiger partial charge is 0.327 e. The van der Waals surface area contributed by atoms with Crippen LogP contribution in [0.1, 0.15) is 22.8 Å². The fraction of sp³-hybridized carbons (Fsp3) is 0.333. The first-order valence-electron chi connectivity index (χ1n) is 5.31. The van der Waals surface area contributed by atoms with Gasteiger partial charge < -0.3 is 15.8 Å². The zero-order valence-corrected chi connectivity index (χ0v) is 10.4. The molecule has 0 aliphatic carbocycles. The minimum Gasteiger partial charge on any atom is -0.467 e. The molecular weight excluding hydrogens is 239 g/mol. The molecule has 0 radical (unpaired) electrons. The van der Waals surface area contributed by atoms with Gasteiger partial charge in [-0.25, -0.2) is 9.18 Å². The van der Waals surface area contributed by atoms with Gasteiger partial charge in [0.25, 0.3) is 0 Å². The van der Waals surface area contributed by atoms with Gasteiger partial charge in [0.05, 0.1) is 7.11 Å². The molecule has 1 rings (SSSR count). The van der Waals surface area contributed by atoms with Crippen LogP contribution in [0.4, 0.5) is 10.1 Å². The summed E-state index contributed by atoms with van der Waals surface area (Å²) in [5.41, 5.74) is 5.77. The van der Waals surface area contributed by atoms with E-state index in [2.05, 4.69) is 10.1 Å². The van der Waals surface area contributed by atoms with E-state index in [0.29, 0.717) is 11.3 Å². The molecule has 1 atom stereocenters. The van der Waals surface area contributed by atoms with Crippen molar-refractivity contribution < 1.29 is 18.7 Å². The second-order valence-corrected chi connectivity index (χ2v) is 3.88. The Morgan fingerprint density at radius 1 is 1.44 bits per heavy atom. The number of benzene rings is 1. The number of halogens is 1. The number of amides is 1. The highest BCUT2D eigenvalue weighted by Crippen LogP contribution is 2.21. The Balaban J connectivity index is 3.08. The first-order valence-corrected chi connectivity index (χ1v) is 5.31. The molecule has 5 nitrogen and oxygen atoms in total. The maximum Gasteiger partial charge on any atom is 0.327 e. The molecule has 1 amide bonds. The maximum absolute atomic E-state index is 13.6. The lowest BCUT2D eigenvalue weighted by atomic mass is 10.1. The highest BCUT2D eigenvalue weighted by Gasteiger charge is 2.16. The van der Waals surface area contributed by atoms with Gasteiger partial charge >= 0.3 is 5.97 Å². The average Bonchev–Trinajstić information content (AvgIpc) is 2.33. The Bertz CT molecular complexity index is 488. The zero-order valence-electron chi connectivity index (χ0n) is 10.4. The number of nitrogens with two attached hydrogens (primary N) is 1. The number of carbonyl (C=O) groups is 2. The molecule has 0 heterocycles. The van der Waals surface area contributed by atoms with E-state index in [-0.39, 0.29) is 5.56 Å². The van der Waals surface area contributed by atoms with Crippen molar-refractivity contribution in [2.45, 2.75) is 19.9 Å². The molecule has 98 valence electrons. The third-order valence-electron chi connectivity index (χ3n) is 2.56. The number of ether oxygens (including phenoxy) is 1. The highest BCUT2D eigenvalue weighted by atomic mass is 19.1. The summed E-state index contributed by atoms with van der Waals surface area (Å²) in [5.74, 6) is -1.78. The number of nitrogens with one attached hydrogen (secondary N) is 1. The summed E-state index contributed by atoms with van der Waals surface area (Å²) in [5, 5.41) is 2.77. The van der Waals surface area contributed by atoms with Crippen molar-refractivity contribution in [2.24, 2.45) is 5.73 Å². The van der Waals surface area contributed by atoms with Gasteiger partial charge in [-0.05, 0) is 26.0 Å². The largest absolute Gasteiger partial charge is 0.467 e. The topological polar surface area (TPSA) is 81.4 Å². The lowest BCUT2D eigenvalue weighted by molar-refractivity contribution is -0.141.